The van der Waals surface area contributed by atoms with E-state index < -0.39 is 250 Å². The first kappa shape index (κ1) is 83.6. The number of nitrogens with zero attached hydrogens (tertiary/aromatic N) is 2. The highest BCUT2D eigenvalue weighted by Crippen LogP contribution is 2.34. The summed E-state index contributed by atoms with van der Waals surface area (Å²) in [6.45, 7) is 11.2. The number of nitrogens with one attached hydrogen (secondary N) is 8. The number of aromatic hydroxyl groups is 1. The van der Waals surface area contributed by atoms with E-state index in [9.17, 15) is 58.8 Å². The van der Waals surface area contributed by atoms with Gasteiger partial charge in [0.15, 0.2) is 23.1 Å². The molecule has 10 amide bonds. The number of ether oxygens (including phenoxy) is 1. The van der Waals surface area contributed by atoms with Gasteiger partial charge in [0.2, 0.25) is 47.3 Å². The third-order valence-electron chi connectivity index (χ3n) is 19.2. The molecule has 18 N–H and O–H groups in total. The van der Waals surface area contributed by atoms with Crippen LogP contribution in [0.15, 0.2) is 47.5 Å². The number of aliphatic hydroxyl groups is 3. The van der Waals surface area contributed by atoms with E-state index in [2.05, 4.69) is 61.8 Å². The van der Waals surface area contributed by atoms with Crippen LogP contribution < -0.4 is 59.3 Å². The molecule has 3 aliphatic heterocycles. The second-order valence-corrected chi connectivity index (χ2v) is 35.7. The van der Waals surface area contributed by atoms with E-state index in [1.54, 1.807) is 39.8 Å². The van der Waals surface area contributed by atoms with Crippen molar-refractivity contribution in [2.45, 2.75) is 178 Å². The van der Waals surface area contributed by atoms with Gasteiger partial charge in [0.25, 0.3) is 0 Å². The van der Waals surface area contributed by atoms with E-state index in [1.165, 1.54) is 47.1 Å². The number of aromatic amines is 1. The number of phenolic OH excluding ortho intramolecular Hbond substituents is 1. The van der Waals surface area contributed by atoms with Crippen LogP contribution in [0, 0.1) is 35.5 Å². The quantitative estimate of drug-likeness (QED) is 0.0252. The second kappa shape index (κ2) is 38.4. The number of amides is 10. The Bertz CT molecular complexity index is 3610. The van der Waals surface area contributed by atoms with Crippen molar-refractivity contribution in [3.63, 3.8) is 0 Å². The number of rotatable bonds is 26. The molecule has 0 spiro atoms. The Morgan fingerprint density at radius 1 is 0.854 bits per heavy atom. The zero-order valence-electron chi connectivity index (χ0n) is 59.7. The fourth-order valence-electron chi connectivity index (χ4n) is 13.0. The molecule has 4 heterocycles. The molecule has 14 atom stereocenters. The molecule has 3 aliphatic rings. The second-order valence-electron chi connectivity index (χ2n) is 28.7. The predicted molar refractivity (Wildman–Crippen MR) is 381 cm³/mol. The number of carbonyl (C=O) groups excluding carboxylic acids is 13. The SMILES string of the molecule is CC[C@H](C)[C@@H]1NC(=O)CNC(=O)C2CC(=O)[C@H]([C@@H](C)[C@@H](O)CO)NC(=O)[C@@H]3CC(O)CN3C(Cc3ccc(N(COCC[Si](C)(C)C)C(=O)[C@H](CCCNC(N)=O)CC(=O)[C@@H](NC(=O)CN)C(C)C)cc3)C(=O)[C@H](CC(N)=O)CC(=O)C(C[S@@](=O)c3[nH]c4cc(O)ccc4c3C2)NC(=O)CNC1=O. The molecule has 32 nitrogen and oxygen atoms in total. The molecule has 2 bridgehead atoms. The molecule has 0 aliphatic carbocycles. The number of urea groups is 1. The topological polar surface area (TPSA) is 514 Å². The molecule has 1 fully saturated rings. The zero-order valence-corrected chi connectivity index (χ0v) is 61.5. The van der Waals surface area contributed by atoms with E-state index in [1.807, 2.05) is 0 Å². The van der Waals surface area contributed by atoms with Crippen LogP contribution in [0.2, 0.25) is 25.7 Å². The van der Waals surface area contributed by atoms with Crippen molar-refractivity contribution >= 4 is 112 Å². The Kier molecular flexibility index (Phi) is 31.2. The van der Waals surface area contributed by atoms with Gasteiger partial charge in [-0.2, -0.15) is 0 Å². The molecule has 4 unspecified atom stereocenters. The summed E-state index contributed by atoms with van der Waals surface area (Å²) in [4.78, 5) is 191. The highest BCUT2D eigenvalue weighted by molar-refractivity contribution is 7.85. The average Bonchev–Trinajstić information content (AvgIpc) is 1.66. The maximum atomic E-state index is 16.0. The summed E-state index contributed by atoms with van der Waals surface area (Å²) in [5, 5.41) is 62.0. The Hall–Kier alpha value is -8.38. The number of benzene rings is 2. The number of anilines is 1. The van der Waals surface area contributed by atoms with Gasteiger partial charge in [-0.3, -0.25) is 71.5 Å². The third kappa shape index (κ3) is 23.8. The monoisotopic (exact) mass is 1480 g/mol. The van der Waals surface area contributed by atoms with Crippen LogP contribution in [0.4, 0.5) is 10.5 Å². The number of Topliss-reactive ketones (excluding diaryl/α,β-unsaturated/α-hetero) is 4. The summed E-state index contributed by atoms with van der Waals surface area (Å²) in [6, 6.07) is 0.969. The minimum Gasteiger partial charge on any atom is -0.508 e. The van der Waals surface area contributed by atoms with Gasteiger partial charge in [0, 0.05) is 94.3 Å². The third-order valence-corrected chi connectivity index (χ3v) is 22.3. The number of carbonyl (C=O) groups is 13. The summed E-state index contributed by atoms with van der Waals surface area (Å²) < 4.78 is 21.5. The number of phenols is 1. The van der Waals surface area contributed by atoms with Gasteiger partial charge in [-0.1, -0.05) is 72.8 Å². The van der Waals surface area contributed by atoms with Crippen molar-refractivity contribution in [1.29, 1.82) is 0 Å². The summed E-state index contributed by atoms with van der Waals surface area (Å²) in [7, 11) is -4.16. The van der Waals surface area contributed by atoms with Crippen molar-refractivity contribution < 1.29 is 91.7 Å². The largest absolute Gasteiger partial charge is 0.508 e. The highest BCUT2D eigenvalue weighted by atomic mass is 32.2. The fourth-order valence-corrected chi connectivity index (χ4v) is 15.2. The maximum Gasteiger partial charge on any atom is 0.312 e. The molecule has 0 radical (unpaired) electrons. The minimum absolute atomic E-state index is 0.0449. The molecule has 3 aromatic rings. The van der Waals surface area contributed by atoms with Gasteiger partial charge < -0.3 is 84.6 Å². The van der Waals surface area contributed by atoms with E-state index in [0.717, 1.165) is 0 Å². The lowest BCUT2D eigenvalue weighted by molar-refractivity contribution is -0.138. The molecular formula is C69H103N13O19SSi. The molecule has 6 rings (SSSR count). The first-order valence-corrected chi connectivity index (χ1v) is 39.9. The van der Waals surface area contributed by atoms with Gasteiger partial charge >= 0.3 is 6.03 Å². The lowest BCUT2D eigenvalue weighted by Gasteiger charge is -2.35. The smallest absolute Gasteiger partial charge is 0.312 e. The molecule has 2 aromatic carbocycles. The lowest BCUT2D eigenvalue weighted by Crippen LogP contribution is -2.57. The first-order chi connectivity index (χ1) is 48.5. The molecule has 103 heavy (non-hydrogen) atoms. The van der Waals surface area contributed by atoms with E-state index >= 15 is 28.2 Å². The fraction of sp³-hybridized carbons (Fsp3) is 0.609. The van der Waals surface area contributed by atoms with Crippen LogP contribution in [-0.2, 0) is 85.9 Å². The Morgan fingerprint density at radius 3 is 2.15 bits per heavy atom. The number of hydrogen-bond acceptors (Lipinski definition) is 21. The Morgan fingerprint density at radius 2 is 1.52 bits per heavy atom. The van der Waals surface area contributed by atoms with Gasteiger partial charge in [-0.25, -0.2) is 4.79 Å². The molecule has 1 aromatic heterocycles. The summed E-state index contributed by atoms with van der Waals surface area (Å²) in [5.74, 6) is -17.9. The van der Waals surface area contributed by atoms with Crippen molar-refractivity contribution in [3.8, 4) is 5.75 Å². The summed E-state index contributed by atoms with van der Waals surface area (Å²) in [6.07, 6.45) is -6.70. The van der Waals surface area contributed by atoms with Crippen molar-refractivity contribution in [2.75, 3.05) is 63.3 Å². The number of H-pyrrole nitrogens is 1. The Balaban J connectivity index is 1.54. The standard InChI is InChI=1S/C69H103N13O19SSi/c1-9-37(4)61-66(97)75-30-58(92)76-49-34-102(100)67-47(46-17-16-44(84)27-48(46)77-67)22-42(64(95)74-31-59(93)79-61)25-54(88)62(38(5)55(89)33-83)80-65(96)51-28-45(85)32-81(51)50(63(94)41(24-52(49)86)26-56(71)90)21-39-12-14-43(15-13-39)82(35-101-19-20-103(6,7)8)68(98)40(11-10-18-73-69(72)99)23-53(87)60(36(2)3)78-57(91)29-70/h12-17,27,36-38,40-42,45,49-51,55,60-62,77,83-85,89H,9-11,18-26,28-35,70H2,1-8H3,(H2,71,90)(H,74,95)(H,75,97)(H,76,92)(H,78,91)(H,79,93)(H,80,96)(H3,72,73,99)/t37-,38-,40+,41-,42?,45?,49?,50?,51-,55-,60-,61-,62-,102+/m0/s1. The average molecular weight is 1480 g/mol. The van der Waals surface area contributed by atoms with Crippen molar-refractivity contribution in [3.05, 3.63) is 53.6 Å². The number of primary amides is 2. The highest BCUT2D eigenvalue weighted by Gasteiger charge is 2.47. The van der Waals surface area contributed by atoms with Crippen molar-refractivity contribution in [1.82, 2.24) is 47.1 Å². The van der Waals surface area contributed by atoms with Crippen LogP contribution >= 0.6 is 0 Å². The number of hydrogen-bond donors (Lipinski definition) is 15. The molecular weight excluding hydrogens is 1370 g/mol. The molecule has 1 saturated heterocycles. The number of fused-ring (bicyclic) bond motifs is 5. The van der Waals surface area contributed by atoms with E-state index in [-0.39, 0.29) is 78.5 Å². The first-order valence-electron chi connectivity index (χ1n) is 34.8. The van der Waals surface area contributed by atoms with Gasteiger partial charge in [-0.05, 0) is 85.4 Å². The van der Waals surface area contributed by atoms with Gasteiger partial charge in [-0.15, -0.1) is 0 Å². The van der Waals surface area contributed by atoms with E-state index in [4.69, 9.17) is 21.9 Å². The van der Waals surface area contributed by atoms with Gasteiger partial charge in [0.05, 0.1) is 90.7 Å². The van der Waals surface area contributed by atoms with Crippen molar-refractivity contribution in [2.24, 2.45) is 52.7 Å². The predicted octanol–water partition coefficient (Wildman–Crippen LogP) is -1.32. The van der Waals surface area contributed by atoms with Gasteiger partial charge in [0.1, 0.15) is 23.5 Å². The van der Waals surface area contributed by atoms with Crippen LogP contribution in [0.1, 0.15) is 97.1 Å². The molecule has 568 valence electrons. The van der Waals surface area contributed by atoms with Crippen LogP contribution in [0.3, 0.4) is 0 Å². The normalized spacial score (nSPS) is 24.0. The number of nitrogens with two attached hydrogens (primary N) is 3. The van der Waals surface area contributed by atoms with E-state index in [0.29, 0.717) is 18.0 Å². The lowest BCUT2D eigenvalue weighted by atomic mass is 9.85. The minimum atomic E-state index is -2.45. The summed E-state index contributed by atoms with van der Waals surface area (Å²) >= 11 is 0. The molecule has 0 saturated carbocycles. The molecule has 34 heteroatoms. The van der Waals surface area contributed by atoms with Crippen LogP contribution in [0.25, 0.3) is 10.9 Å². The zero-order chi connectivity index (χ0) is 76.3. The summed E-state index contributed by atoms with van der Waals surface area (Å²) in [5.41, 5.74) is 17.7. The number of aliphatic hydroxyl groups excluding tert-OH is 3. The Labute approximate surface area is 601 Å². The number of ketones is 4. The maximum absolute atomic E-state index is 16.0. The van der Waals surface area contributed by atoms with Crippen LogP contribution in [0.5, 0.6) is 5.75 Å². The van der Waals surface area contributed by atoms with Crippen LogP contribution in [-0.4, -0.2) is 226 Å². The number of aromatic nitrogens is 1.